The summed E-state index contributed by atoms with van der Waals surface area (Å²) in [5.74, 6) is 1.52. The second kappa shape index (κ2) is 9.12. The van der Waals surface area contributed by atoms with Gasteiger partial charge in [0.05, 0.1) is 16.9 Å². The maximum Gasteiger partial charge on any atom is 0.291 e. The summed E-state index contributed by atoms with van der Waals surface area (Å²) in [5.41, 5.74) is 3.50. The van der Waals surface area contributed by atoms with Crippen molar-refractivity contribution in [1.29, 1.82) is 0 Å². The fourth-order valence-corrected chi connectivity index (χ4v) is 3.78. The summed E-state index contributed by atoms with van der Waals surface area (Å²) in [6, 6.07) is 5.83. The maximum absolute atomic E-state index is 12.4. The van der Waals surface area contributed by atoms with E-state index in [1.807, 2.05) is 48.7 Å². The molecular formula is C25H24N6O2. The molecule has 3 aromatic rings. The highest BCUT2D eigenvalue weighted by atomic mass is 16.5. The van der Waals surface area contributed by atoms with E-state index in [1.54, 1.807) is 24.0 Å². The first-order valence-electron chi connectivity index (χ1n) is 10.9. The van der Waals surface area contributed by atoms with E-state index in [0.717, 1.165) is 53.7 Å². The zero-order valence-electron chi connectivity index (χ0n) is 18.3. The van der Waals surface area contributed by atoms with Gasteiger partial charge in [-0.1, -0.05) is 6.08 Å². The van der Waals surface area contributed by atoms with Crippen LogP contribution in [0.25, 0.3) is 17.0 Å². The number of allylic oxidation sites excluding steroid dienone is 5. The Kier molecular flexibility index (Phi) is 5.72. The Hall–Kier alpha value is -4.20. The average molecular weight is 441 g/mol. The van der Waals surface area contributed by atoms with E-state index in [2.05, 4.69) is 31.6 Å². The molecule has 1 aromatic carbocycles. The maximum atomic E-state index is 12.4. The lowest BCUT2D eigenvalue weighted by atomic mass is 10.1. The predicted octanol–water partition coefficient (Wildman–Crippen LogP) is 4.43. The molecule has 5 rings (SSSR count). The van der Waals surface area contributed by atoms with Gasteiger partial charge in [-0.05, 0) is 62.1 Å². The molecule has 0 spiro atoms. The van der Waals surface area contributed by atoms with Crippen LogP contribution in [0.4, 0.5) is 0 Å². The number of hydrogen-bond acceptors (Lipinski definition) is 5. The van der Waals surface area contributed by atoms with E-state index in [1.165, 1.54) is 0 Å². The monoisotopic (exact) mass is 440 g/mol. The van der Waals surface area contributed by atoms with Crippen molar-refractivity contribution in [1.82, 2.24) is 25.1 Å². The Labute approximate surface area is 191 Å². The van der Waals surface area contributed by atoms with E-state index in [0.29, 0.717) is 17.3 Å². The number of hydrogen-bond donors (Lipinski definition) is 2. The number of nitrogens with zero attached hydrogens (tertiary/aromatic N) is 4. The second-order valence-corrected chi connectivity index (χ2v) is 7.90. The molecule has 8 heteroatoms. The second-order valence-electron chi connectivity index (χ2n) is 7.90. The SMILES string of the molecule is Cn1ccnc1C(=O)NC1=CC(Oc2ccc3c(/C=C/C4=CCCC=N4)n[nH]c3c2)=CCC1. The molecule has 8 nitrogen and oxygen atoms in total. The zero-order chi connectivity index (χ0) is 22.6. The van der Waals surface area contributed by atoms with E-state index in [4.69, 9.17) is 4.74 Å². The molecular weight excluding hydrogens is 416 g/mol. The van der Waals surface area contributed by atoms with Gasteiger partial charge in [0, 0.05) is 42.8 Å². The molecule has 2 N–H and O–H groups in total. The third-order valence-corrected chi connectivity index (χ3v) is 5.48. The van der Waals surface area contributed by atoms with Crippen molar-refractivity contribution in [2.75, 3.05) is 0 Å². The van der Waals surface area contributed by atoms with Crippen LogP contribution in [0.15, 0.2) is 77.0 Å². The summed E-state index contributed by atoms with van der Waals surface area (Å²) in [4.78, 5) is 20.9. The van der Waals surface area contributed by atoms with Crippen LogP contribution >= 0.6 is 0 Å². The number of carbonyl (C=O) groups excluding carboxylic acids is 1. The molecule has 0 saturated carbocycles. The summed E-state index contributed by atoms with van der Waals surface area (Å²) < 4.78 is 7.76. The first-order valence-corrected chi connectivity index (χ1v) is 10.9. The van der Waals surface area contributed by atoms with Gasteiger partial charge in [0.2, 0.25) is 0 Å². The quantitative estimate of drug-likeness (QED) is 0.593. The van der Waals surface area contributed by atoms with Gasteiger partial charge in [-0.15, -0.1) is 0 Å². The van der Waals surface area contributed by atoms with E-state index in [9.17, 15) is 4.79 Å². The van der Waals surface area contributed by atoms with Crippen molar-refractivity contribution in [2.24, 2.45) is 12.0 Å². The molecule has 3 heterocycles. The normalized spacial score (nSPS) is 16.0. The van der Waals surface area contributed by atoms with E-state index < -0.39 is 0 Å². The Bertz CT molecular complexity index is 1350. The van der Waals surface area contributed by atoms with Crippen molar-refractivity contribution >= 4 is 29.1 Å². The number of rotatable bonds is 6. The predicted molar refractivity (Wildman–Crippen MR) is 128 cm³/mol. The number of carbonyl (C=O) groups is 1. The Morgan fingerprint density at radius 1 is 1.21 bits per heavy atom. The number of aryl methyl sites for hydroxylation is 1. The summed E-state index contributed by atoms with van der Waals surface area (Å²) in [7, 11) is 1.79. The van der Waals surface area contributed by atoms with Gasteiger partial charge in [-0.3, -0.25) is 14.9 Å². The molecule has 166 valence electrons. The Morgan fingerprint density at radius 2 is 2.15 bits per heavy atom. The molecule has 0 bridgehead atoms. The number of benzene rings is 1. The third-order valence-electron chi connectivity index (χ3n) is 5.48. The lowest BCUT2D eigenvalue weighted by Gasteiger charge is -2.15. The van der Waals surface area contributed by atoms with Crippen molar-refractivity contribution < 1.29 is 9.53 Å². The van der Waals surface area contributed by atoms with Gasteiger partial charge >= 0.3 is 0 Å². The fourth-order valence-electron chi connectivity index (χ4n) is 3.78. The number of nitrogens with one attached hydrogen (secondary N) is 2. The minimum atomic E-state index is -0.232. The smallest absolute Gasteiger partial charge is 0.291 e. The fraction of sp³-hybridized carbons (Fsp3) is 0.200. The number of aromatic nitrogens is 4. The van der Waals surface area contributed by atoms with Crippen LogP contribution < -0.4 is 10.1 Å². The zero-order valence-corrected chi connectivity index (χ0v) is 18.3. The molecule has 0 atom stereocenters. The minimum Gasteiger partial charge on any atom is -0.458 e. The molecule has 0 fully saturated rings. The van der Waals surface area contributed by atoms with Crippen molar-refractivity contribution in [3.05, 3.63) is 83.6 Å². The highest BCUT2D eigenvalue weighted by Gasteiger charge is 2.15. The van der Waals surface area contributed by atoms with Gasteiger partial charge in [0.15, 0.2) is 5.82 Å². The van der Waals surface area contributed by atoms with Crippen LogP contribution in [-0.2, 0) is 7.05 Å². The van der Waals surface area contributed by atoms with E-state index >= 15 is 0 Å². The average Bonchev–Trinajstić information content (AvgIpc) is 3.44. The topological polar surface area (TPSA) is 97.2 Å². The number of aliphatic imine (C=N–C) groups is 1. The largest absolute Gasteiger partial charge is 0.458 e. The van der Waals surface area contributed by atoms with Gasteiger partial charge in [-0.25, -0.2) is 4.98 Å². The lowest BCUT2D eigenvalue weighted by Crippen LogP contribution is -2.26. The Morgan fingerprint density at radius 3 is 2.97 bits per heavy atom. The first-order chi connectivity index (χ1) is 16.2. The molecule has 0 radical (unpaired) electrons. The number of imidazole rings is 1. The highest BCUT2D eigenvalue weighted by molar-refractivity contribution is 5.92. The number of aromatic amines is 1. The molecule has 33 heavy (non-hydrogen) atoms. The number of fused-ring (bicyclic) bond motifs is 1. The summed E-state index contributed by atoms with van der Waals surface area (Å²) in [6.45, 7) is 0. The van der Waals surface area contributed by atoms with Crippen LogP contribution in [-0.4, -0.2) is 31.9 Å². The number of H-pyrrole nitrogens is 1. The van der Waals surface area contributed by atoms with Gasteiger partial charge in [0.25, 0.3) is 5.91 Å². The standard InChI is InChI=1S/C25H24N6O2/c1-31-14-13-27-24(31)25(32)28-18-6-4-7-19(15-18)33-20-9-10-21-22(29-30-23(21)16-20)11-8-17-5-2-3-12-26-17/h5,7-16H,2-4,6H2,1H3,(H,28,32)(H,29,30)/b11-8+. The molecule has 2 aliphatic rings. The number of amides is 1. The van der Waals surface area contributed by atoms with Crippen LogP contribution in [0.3, 0.4) is 0 Å². The van der Waals surface area contributed by atoms with Crippen LogP contribution in [0, 0.1) is 0 Å². The van der Waals surface area contributed by atoms with Gasteiger partial charge in [0.1, 0.15) is 11.5 Å². The molecule has 0 saturated heterocycles. The molecule has 0 unspecified atom stereocenters. The summed E-state index contributed by atoms with van der Waals surface area (Å²) in [6.07, 6.45) is 18.8. The van der Waals surface area contributed by atoms with Crippen molar-refractivity contribution in [3.8, 4) is 5.75 Å². The Balaban J connectivity index is 1.28. The minimum absolute atomic E-state index is 0.232. The summed E-state index contributed by atoms with van der Waals surface area (Å²) >= 11 is 0. The highest BCUT2D eigenvalue weighted by Crippen LogP contribution is 2.26. The van der Waals surface area contributed by atoms with E-state index in [-0.39, 0.29) is 5.91 Å². The summed E-state index contributed by atoms with van der Waals surface area (Å²) in [5, 5.41) is 11.4. The number of ether oxygens (including phenoxy) is 1. The third kappa shape index (κ3) is 4.69. The van der Waals surface area contributed by atoms with Crippen molar-refractivity contribution in [3.63, 3.8) is 0 Å². The molecule has 1 aliphatic carbocycles. The van der Waals surface area contributed by atoms with Crippen LogP contribution in [0.2, 0.25) is 0 Å². The van der Waals surface area contributed by atoms with Gasteiger partial charge in [-0.2, -0.15) is 5.10 Å². The van der Waals surface area contributed by atoms with Gasteiger partial charge < -0.3 is 14.6 Å². The molecule has 1 aliphatic heterocycles. The lowest BCUT2D eigenvalue weighted by molar-refractivity contribution is 0.0951. The van der Waals surface area contributed by atoms with Crippen LogP contribution in [0.1, 0.15) is 42.0 Å². The van der Waals surface area contributed by atoms with Crippen molar-refractivity contribution in [2.45, 2.75) is 25.7 Å². The molecule has 1 amide bonds. The first kappa shape index (κ1) is 20.7. The van der Waals surface area contributed by atoms with Crippen LogP contribution in [0.5, 0.6) is 5.75 Å². The molecule has 2 aromatic heterocycles.